The first-order valence-electron chi connectivity index (χ1n) is 9.45. The van der Waals surface area contributed by atoms with Crippen LogP contribution in [0.25, 0.3) is 0 Å². The Bertz CT molecular complexity index is 818. The molecule has 0 atom stereocenters. The number of urea groups is 1. The summed E-state index contributed by atoms with van der Waals surface area (Å²) in [5.74, 6) is 0.246. The summed E-state index contributed by atoms with van der Waals surface area (Å²) in [6.45, 7) is 4.93. The number of hydrogen-bond donors (Lipinski definition) is 2. The van der Waals surface area contributed by atoms with Gasteiger partial charge in [-0.2, -0.15) is 0 Å². The third kappa shape index (κ3) is 4.01. The summed E-state index contributed by atoms with van der Waals surface area (Å²) in [4.78, 5) is 16.8. The first-order valence-corrected chi connectivity index (χ1v) is 9.45. The molecule has 0 radical (unpaired) electrons. The molecule has 2 aromatic carbocycles. The van der Waals surface area contributed by atoms with Gasteiger partial charge in [-0.05, 0) is 41.3 Å². The molecule has 2 amide bonds. The summed E-state index contributed by atoms with van der Waals surface area (Å²) in [6.07, 6.45) is 0.813. The molecule has 4 rings (SSSR count). The first kappa shape index (κ1) is 17.7. The lowest BCUT2D eigenvalue weighted by Gasteiger charge is -2.31. The second kappa shape index (κ2) is 7.88. The van der Waals surface area contributed by atoms with E-state index >= 15 is 0 Å². The number of amides is 2. The quantitative estimate of drug-likeness (QED) is 0.875. The monoisotopic (exact) mass is 367 g/mol. The number of aromatic hydroxyl groups is 1. The van der Waals surface area contributed by atoms with Crippen LogP contribution in [0, 0.1) is 0 Å². The summed E-state index contributed by atoms with van der Waals surface area (Å²) >= 11 is 0. The normalized spacial score (nSPS) is 16.7. The van der Waals surface area contributed by atoms with Crippen LogP contribution in [-0.2, 0) is 24.2 Å². The highest BCUT2D eigenvalue weighted by atomic mass is 16.5. The molecule has 0 saturated carbocycles. The number of hydrogen-bond acceptors (Lipinski definition) is 4. The second-order valence-electron chi connectivity index (χ2n) is 7.01. The lowest BCUT2D eigenvalue weighted by molar-refractivity contribution is 0.122. The van der Waals surface area contributed by atoms with E-state index in [0.29, 0.717) is 19.6 Å². The van der Waals surface area contributed by atoms with Gasteiger partial charge in [0.1, 0.15) is 5.75 Å². The van der Waals surface area contributed by atoms with E-state index in [0.717, 1.165) is 49.5 Å². The molecule has 2 heterocycles. The third-order valence-electron chi connectivity index (χ3n) is 5.26. The van der Waals surface area contributed by atoms with Crippen molar-refractivity contribution in [3.63, 3.8) is 0 Å². The van der Waals surface area contributed by atoms with Crippen molar-refractivity contribution in [1.29, 1.82) is 0 Å². The number of ether oxygens (including phenoxy) is 1. The molecular formula is C21H25N3O3. The number of phenolic OH excluding ortho intramolecular Hbond substituents is 1. The standard InChI is InChI=1S/C21H25N3O3/c25-19-6-5-16-7-8-24(15-18(16)13-19)21(26)22-14-17-3-1-2-4-20(17)23-9-11-27-12-10-23/h1-6,13,25H,7-12,14-15H2,(H,22,26). The molecule has 1 fully saturated rings. The molecule has 0 unspecified atom stereocenters. The van der Waals surface area contributed by atoms with Crippen LogP contribution in [0.15, 0.2) is 42.5 Å². The number of para-hydroxylation sites is 1. The van der Waals surface area contributed by atoms with Gasteiger partial charge in [0.05, 0.1) is 13.2 Å². The molecule has 2 N–H and O–H groups in total. The van der Waals surface area contributed by atoms with Crippen LogP contribution in [0.4, 0.5) is 10.5 Å². The number of benzene rings is 2. The van der Waals surface area contributed by atoms with Crippen molar-refractivity contribution in [3.8, 4) is 5.75 Å². The molecule has 27 heavy (non-hydrogen) atoms. The number of anilines is 1. The van der Waals surface area contributed by atoms with Gasteiger partial charge in [-0.25, -0.2) is 4.79 Å². The molecule has 0 spiro atoms. The predicted molar refractivity (Wildman–Crippen MR) is 104 cm³/mol. The van der Waals surface area contributed by atoms with Gasteiger partial charge in [0.15, 0.2) is 0 Å². The van der Waals surface area contributed by atoms with E-state index in [1.807, 2.05) is 18.2 Å². The molecule has 0 aliphatic carbocycles. The summed E-state index contributed by atoms with van der Waals surface area (Å²) in [7, 11) is 0. The maximum absolute atomic E-state index is 12.7. The van der Waals surface area contributed by atoms with Crippen LogP contribution in [0.3, 0.4) is 0 Å². The van der Waals surface area contributed by atoms with Gasteiger partial charge < -0.3 is 25.0 Å². The van der Waals surface area contributed by atoms with Gasteiger partial charge in [-0.3, -0.25) is 0 Å². The number of rotatable bonds is 3. The van der Waals surface area contributed by atoms with Crippen molar-refractivity contribution in [2.45, 2.75) is 19.5 Å². The molecule has 2 aromatic rings. The molecule has 6 nitrogen and oxygen atoms in total. The number of nitrogens with zero attached hydrogens (tertiary/aromatic N) is 2. The molecule has 6 heteroatoms. The number of nitrogens with one attached hydrogen (secondary N) is 1. The lowest BCUT2D eigenvalue weighted by atomic mass is 10.00. The predicted octanol–water partition coefficient (Wildman–Crippen LogP) is 2.50. The Labute approximate surface area is 159 Å². The minimum Gasteiger partial charge on any atom is -0.508 e. The fourth-order valence-electron chi connectivity index (χ4n) is 3.77. The van der Waals surface area contributed by atoms with Crippen molar-refractivity contribution < 1.29 is 14.6 Å². The van der Waals surface area contributed by atoms with Crippen LogP contribution < -0.4 is 10.2 Å². The fourth-order valence-corrected chi connectivity index (χ4v) is 3.77. The fraction of sp³-hybridized carbons (Fsp3) is 0.381. The minimum atomic E-state index is -0.0687. The van der Waals surface area contributed by atoms with Crippen molar-refractivity contribution in [3.05, 3.63) is 59.2 Å². The Kier molecular flexibility index (Phi) is 5.16. The smallest absolute Gasteiger partial charge is 0.317 e. The van der Waals surface area contributed by atoms with Crippen molar-refractivity contribution >= 4 is 11.7 Å². The van der Waals surface area contributed by atoms with Gasteiger partial charge in [-0.1, -0.05) is 24.3 Å². The van der Waals surface area contributed by atoms with Crippen molar-refractivity contribution in [2.24, 2.45) is 0 Å². The van der Waals surface area contributed by atoms with Gasteiger partial charge >= 0.3 is 6.03 Å². The SMILES string of the molecule is O=C(NCc1ccccc1N1CCOCC1)N1CCc2ccc(O)cc2C1. The zero-order valence-electron chi connectivity index (χ0n) is 15.4. The van der Waals surface area contributed by atoms with E-state index in [4.69, 9.17) is 4.74 Å². The molecular weight excluding hydrogens is 342 g/mol. The van der Waals surface area contributed by atoms with E-state index < -0.39 is 0 Å². The van der Waals surface area contributed by atoms with E-state index in [1.165, 1.54) is 5.56 Å². The van der Waals surface area contributed by atoms with E-state index in [2.05, 4.69) is 22.3 Å². The maximum atomic E-state index is 12.7. The Morgan fingerprint density at radius 3 is 2.74 bits per heavy atom. The first-order chi connectivity index (χ1) is 13.2. The molecule has 1 saturated heterocycles. The summed E-state index contributed by atoms with van der Waals surface area (Å²) in [5.41, 5.74) is 4.50. The molecule has 2 aliphatic heterocycles. The van der Waals surface area contributed by atoms with E-state index in [9.17, 15) is 9.90 Å². The summed E-state index contributed by atoms with van der Waals surface area (Å²) < 4.78 is 5.44. The minimum absolute atomic E-state index is 0.0687. The van der Waals surface area contributed by atoms with Crippen LogP contribution in [0.1, 0.15) is 16.7 Å². The maximum Gasteiger partial charge on any atom is 0.317 e. The largest absolute Gasteiger partial charge is 0.508 e. The second-order valence-corrected chi connectivity index (χ2v) is 7.01. The number of carbonyl (C=O) groups excluding carboxylic acids is 1. The summed E-state index contributed by atoms with van der Waals surface area (Å²) in [5, 5.41) is 12.7. The molecule has 0 aromatic heterocycles. The number of carbonyl (C=O) groups is 1. The Balaban J connectivity index is 1.40. The van der Waals surface area contributed by atoms with Crippen LogP contribution in [-0.4, -0.2) is 48.9 Å². The van der Waals surface area contributed by atoms with Gasteiger partial charge in [-0.15, -0.1) is 0 Å². The van der Waals surface area contributed by atoms with Gasteiger partial charge in [0, 0.05) is 38.4 Å². The number of morpholine rings is 1. The van der Waals surface area contributed by atoms with E-state index in [1.54, 1.807) is 17.0 Å². The average Bonchev–Trinajstić information content (AvgIpc) is 2.72. The van der Waals surface area contributed by atoms with Crippen LogP contribution in [0.2, 0.25) is 0 Å². The van der Waals surface area contributed by atoms with Crippen LogP contribution in [0.5, 0.6) is 5.75 Å². The van der Waals surface area contributed by atoms with E-state index in [-0.39, 0.29) is 11.8 Å². The third-order valence-corrected chi connectivity index (χ3v) is 5.26. The highest BCUT2D eigenvalue weighted by molar-refractivity contribution is 5.75. The highest BCUT2D eigenvalue weighted by Crippen LogP contribution is 2.24. The van der Waals surface area contributed by atoms with Crippen molar-refractivity contribution in [2.75, 3.05) is 37.7 Å². The average molecular weight is 367 g/mol. The topological polar surface area (TPSA) is 65.0 Å². The zero-order valence-corrected chi connectivity index (χ0v) is 15.4. The Morgan fingerprint density at radius 1 is 1.07 bits per heavy atom. The zero-order chi connectivity index (χ0) is 18.6. The van der Waals surface area contributed by atoms with Crippen LogP contribution >= 0.6 is 0 Å². The van der Waals surface area contributed by atoms with Gasteiger partial charge in [0.2, 0.25) is 0 Å². The Hall–Kier alpha value is -2.73. The lowest BCUT2D eigenvalue weighted by Crippen LogP contribution is -2.42. The number of fused-ring (bicyclic) bond motifs is 1. The molecule has 142 valence electrons. The molecule has 2 aliphatic rings. The molecule has 0 bridgehead atoms. The van der Waals surface area contributed by atoms with Gasteiger partial charge in [0.25, 0.3) is 0 Å². The number of phenols is 1. The Morgan fingerprint density at radius 2 is 1.89 bits per heavy atom. The van der Waals surface area contributed by atoms with Crippen molar-refractivity contribution in [1.82, 2.24) is 10.2 Å². The highest BCUT2D eigenvalue weighted by Gasteiger charge is 2.21. The summed E-state index contributed by atoms with van der Waals surface area (Å²) in [6, 6.07) is 13.5.